The lowest BCUT2D eigenvalue weighted by atomic mass is 9.83. The number of hydrogen-bond acceptors (Lipinski definition) is 3. The van der Waals surface area contributed by atoms with Gasteiger partial charge in [-0.15, -0.1) is 0 Å². The Morgan fingerprint density at radius 3 is 2.75 bits per heavy atom. The average Bonchev–Trinajstić information content (AvgIpc) is 2.41. The normalized spacial score (nSPS) is 26.6. The number of aryl methyl sites for hydroxylation is 1. The number of nitrogens with zero attached hydrogens (tertiary/aromatic N) is 1. The zero-order chi connectivity index (χ0) is 14.9. The van der Waals surface area contributed by atoms with Gasteiger partial charge in [0.25, 0.3) is 0 Å². The van der Waals surface area contributed by atoms with E-state index in [1.165, 1.54) is 6.07 Å². The van der Waals surface area contributed by atoms with Gasteiger partial charge in [-0.05, 0) is 30.5 Å². The number of likely N-dealkylation sites (tertiary alicyclic amines) is 1. The van der Waals surface area contributed by atoms with Crippen molar-refractivity contribution in [3.63, 3.8) is 0 Å². The van der Waals surface area contributed by atoms with Crippen LogP contribution in [-0.4, -0.2) is 45.6 Å². The van der Waals surface area contributed by atoms with Crippen LogP contribution in [0.5, 0.6) is 0 Å². The van der Waals surface area contributed by atoms with Crippen molar-refractivity contribution in [3.05, 3.63) is 35.1 Å². The SMILES string of the molecule is Cc1ccc(C2C(CO)C(O)CCN2C(=O)O)cc1F. The van der Waals surface area contributed by atoms with E-state index in [1.807, 2.05) is 0 Å². The first-order valence-corrected chi connectivity index (χ1v) is 6.50. The van der Waals surface area contributed by atoms with E-state index in [9.17, 15) is 24.5 Å². The maximum Gasteiger partial charge on any atom is 0.407 e. The second-order valence-corrected chi connectivity index (χ2v) is 5.13. The molecular weight excluding hydrogens is 265 g/mol. The molecule has 0 radical (unpaired) electrons. The molecule has 3 N–H and O–H groups in total. The van der Waals surface area contributed by atoms with Crippen LogP contribution in [0, 0.1) is 18.7 Å². The molecule has 5 nitrogen and oxygen atoms in total. The number of aliphatic hydroxyl groups is 2. The summed E-state index contributed by atoms with van der Waals surface area (Å²) in [6.07, 6.45) is -1.67. The van der Waals surface area contributed by atoms with Gasteiger partial charge in [-0.1, -0.05) is 12.1 Å². The van der Waals surface area contributed by atoms with Gasteiger partial charge in [0.1, 0.15) is 5.82 Å². The second-order valence-electron chi connectivity index (χ2n) is 5.13. The molecule has 0 aliphatic carbocycles. The minimum absolute atomic E-state index is 0.160. The molecular formula is C14H18FNO4. The zero-order valence-electron chi connectivity index (χ0n) is 11.2. The Morgan fingerprint density at radius 1 is 1.50 bits per heavy atom. The highest BCUT2D eigenvalue weighted by Gasteiger charge is 2.40. The summed E-state index contributed by atoms with van der Waals surface area (Å²) < 4.78 is 13.7. The number of hydrogen-bond donors (Lipinski definition) is 3. The third kappa shape index (κ3) is 2.62. The Bertz CT molecular complexity index is 508. The third-order valence-electron chi connectivity index (χ3n) is 3.90. The second kappa shape index (κ2) is 5.76. The summed E-state index contributed by atoms with van der Waals surface area (Å²) in [6, 6.07) is 3.74. The van der Waals surface area contributed by atoms with Gasteiger partial charge in [0.15, 0.2) is 0 Å². The average molecular weight is 283 g/mol. The number of carboxylic acid groups (broad SMARTS) is 1. The lowest BCUT2D eigenvalue weighted by Crippen LogP contribution is -2.49. The lowest BCUT2D eigenvalue weighted by Gasteiger charge is -2.42. The highest BCUT2D eigenvalue weighted by Crippen LogP contribution is 2.36. The van der Waals surface area contributed by atoms with Crippen LogP contribution in [0.1, 0.15) is 23.6 Å². The smallest absolute Gasteiger partial charge is 0.407 e. The first kappa shape index (κ1) is 14.7. The summed E-state index contributed by atoms with van der Waals surface area (Å²) in [5.74, 6) is -1.08. The fraction of sp³-hybridized carbons (Fsp3) is 0.500. The van der Waals surface area contributed by atoms with Crippen LogP contribution in [0.3, 0.4) is 0 Å². The molecule has 1 aromatic rings. The summed E-state index contributed by atoms with van der Waals surface area (Å²) >= 11 is 0. The molecule has 1 aliphatic heterocycles. The van der Waals surface area contributed by atoms with E-state index in [-0.39, 0.29) is 19.6 Å². The van der Waals surface area contributed by atoms with E-state index in [2.05, 4.69) is 0 Å². The van der Waals surface area contributed by atoms with Crippen LogP contribution in [0.4, 0.5) is 9.18 Å². The van der Waals surface area contributed by atoms with Crippen LogP contribution >= 0.6 is 0 Å². The van der Waals surface area contributed by atoms with Crippen molar-refractivity contribution in [3.8, 4) is 0 Å². The van der Waals surface area contributed by atoms with Crippen molar-refractivity contribution >= 4 is 6.09 Å². The molecule has 0 saturated carbocycles. The third-order valence-corrected chi connectivity index (χ3v) is 3.90. The maximum atomic E-state index is 13.7. The summed E-state index contributed by atoms with van der Waals surface area (Å²) in [5.41, 5.74) is 0.917. The number of rotatable bonds is 2. The van der Waals surface area contributed by atoms with Gasteiger partial charge in [-0.2, -0.15) is 0 Å². The summed E-state index contributed by atoms with van der Waals surface area (Å²) in [4.78, 5) is 12.5. The monoisotopic (exact) mass is 283 g/mol. The molecule has 0 spiro atoms. The van der Waals surface area contributed by atoms with Crippen molar-refractivity contribution in [2.45, 2.75) is 25.5 Å². The van der Waals surface area contributed by atoms with E-state index >= 15 is 0 Å². The molecule has 3 unspecified atom stereocenters. The molecule has 110 valence electrons. The van der Waals surface area contributed by atoms with Crippen LogP contribution in [-0.2, 0) is 0 Å². The molecule has 20 heavy (non-hydrogen) atoms. The number of halogens is 1. The number of benzene rings is 1. The fourth-order valence-corrected chi connectivity index (χ4v) is 2.72. The largest absolute Gasteiger partial charge is 0.465 e. The number of piperidine rings is 1. The highest BCUT2D eigenvalue weighted by molar-refractivity contribution is 5.66. The van der Waals surface area contributed by atoms with Gasteiger partial charge < -0.3 is 20.2 Å². The summed E-state index contributed by atoms with van der Waals surface area (Å²) in [6.45, 7) is 1.42. The molecule has 1 aliphatic rings. The first-order valence-electron chi connectivity index (χ1n) is 6.50. The topological polar surface area (TPSA) is 81.0 Å². The molecule has 1 saturated heterocycles. The van der Waals surface area contributed by atoms with Crippen LogP contribution < -0.4 is 0 Å². The van der Waals surface area contributed by atoms with E-state index in [0.717, 1.165) is 4.90 Å². The molecule has 3 atom stereocenters. The quantitative estimate of drug-likeness (QED) is 0.769. The standard InChI is InChI=1S/C14H18FNO4/c1-8-2-3-9(6-11(8)15)13-10(7-17)12(18)4-5-16(13)14(19)20/h2-3,6,10,12-13,17-18H,4-5,7H2,1H3,(H,19,20). The molecule has 6 heteroatoms. The van der Waals surface area contributed by atoms with E-state index < -0.39 is 30.0 Å². The Balaban J connectivity index is 2.43. The van der Waals surface area contributed by atoms with Gasteiger partial charge >= 0.3 is 6.09 Å². The molecule has 1 aromatic carbocycles. The Hall–Kier alpha value is -1.66. The van der Waals surface area contributed by atoms with Gasteiger partial charge in [0, 0.05) is 12.5 Å². The Kier molecular flexibility index (Phi) is 4.25. The lowest BCUT2D eigenvalue weighted by molar-refractivity contribution is -0.0326. The summed E-state index contributed by atoms with van der Waals surface area (Å²) in [5, 5.41) is 28.7. The number of carbonyl (C=O) groups is 1. The molecule has 1 fully saturated rings. The van der Waals surface area contributed by atoms with Crippen LogP contribution in [0.2, 0.25) is 0 Å². The zero-order valence-corrected chi connectivity index (χ0v) is 11.2. The van der Waals surface area contributed by atoms with Gasteiger partial charge in [-0.3, -0.25) is 0 Å². The van der Waals surface area contributed by atoms with E-state index in [0.29, 0.717) is 11.1 Å². The van der Waals surface area contributed by atoms with Crippen molar-refractivity contribution in [1.82, 2.24) is 4.90 Å². The first-order chi connectivity index (χ1) is 9.45. The fourth-order valence-electron chi connectivity index (χ4n) is 2.72. The van der Waals surface area contributed by atoms with Crippen LogP contribution in [0.25, 0.3) is 0 Å². The number of aliphatic hydroxyl groups excluding tert-OH is 2. The minimum atomic E-state index is -1.14. The Labute approximate surface area is 116 Å². The van der Waals surface area contributed by atoms with E-state index in [1.54, 1.807) is 19.1 Å². The van der Waals surface area contributed by atoms with Gasteiger partial charge in [0.05, 0.1) is 18.8 Å². The summed E-state index contributed by atoms with van der Waals surface area (Å²) in [7, 11) is 0. The number of amides is 1. The molecule has 1 heterocycles. The van der Waals surface area contributed by atoms with Crippen molar-refractivity contribution in [1.29, 1.82) is 0 Å². The molecule has 0 aromatic heterocycles. The molecule has 0 bridgehead atoms. The predicted octanol–water partition coefficient (Wildman–Crippen LogP) is 1.53. The van der Waals surface area contributed by atoms with Gasteiger partial charge in [-0.25, -0.2) is 9.18 Å². The van der Waals surface area contributed by atoms with Crippen molar-refractivity contribution in [2.75, 3.05) is 13.2 Å². The van der Waals surface area contributed by atoms with Crippen molar-refractivity contribution in [2.24, 2.45) is 5.92 Å². The molecule has 1 amide bonds. The van der Waals surface area contributed by atoms with E-state index in [4.69, 9.17) is 0 Å². The van der Waals surface area contributed by atoms with Gasteiger partial charge in [0.2, 0.25) is 0 Å². The highest BCUT2D eigenvalue weighted by atomic mass is 19.1. The van der Waals surface area contributed by atoms with Crippen molar-refractivity contribution < 1.29 is 24.5 Å². The Morgan fingerprint density at radius 2 is 2.20 bits per heavy atom. The maximum absolute atomic E-state index is 13.7. The minimum Gasteiger partial charge on any atom is -0.465 e. The molecule has 2 rings (SSSR count). The van der Waals surface area contributed by atoms with Crippen LogP contribution in [0.15, 0.2) is 18.2 Å². The predicted molar refractivity (Wildman–Crippen MR) is 69.8 cm³/mol.